The third kappa shape index (κ3) is 3.40. The van der Waals surface area contributed by atoms with Crippen LogP contribution in [0.2, 0.25) is 0 Å². The Labute approximate surface area is 121 Å². The summed E-state index contributed by atoms with van der Waals surface area (Å²) in [5.74, 6) is 0.941. The van der Waals surface area contributed by atoms with E-state index >= 15 is 0 Å². The minimum atomic E-state index is 0.260. The second-order valence-electron chi connectivity index (χ2n) is 4.97. The number of hydrogen-bond donors (Lipinski definition) is 1. The minimum absolute atomic E-state index is 0.260. The largest absolute Gasteiger partial charge is 0.496 e. The van der Waals surface area contributed by atoms with Crippen molar-refractivity contribution < 1.29 is 4.74 Å². The highest BCUT2D eigenvalue weighted by molar-refractivity contribution is 5.35. The van der Waals surface area contributed by atoms with E-state index in [1.807, 2.05) is 12.1 Å². The molecule has 0 heterocycles. The smallest absolute Gasteiger partial charge is 0.123 e. The van der Waals surface area contributed by atoms with Crippen molar-refractivity contribution in [1.82, 2.24) is 5.32 Å². The number of ether oxygens (including phenoxy) is 1. The van der Waals surface area contributed by atoms with Crippen molar-refractivity contribution >= 4 is 0 Å². The fraction of sp³-hybridized carbons (Fsp3) is 0.333. The maximum atomic E-state index is 5.42. The molecular formula is C18H23NO. The average molecular weight is 269 g/mol. The molecule has 2 aromatic carbocycles. The van der Waals surface area contributed by atoms with Gasteiger partial charge >= 0.3 is 0 Å². The summed E-state index contributed by atoms with van der Waals surface area (Å²) in [5.41, 5.74) is 3.98. The Bertz CT molecular complexity index is 551. The second-order valence-corrected chi connectivity index (χ2v) is 4.97. The molecule has 0 aromatic heterocycles. The molecule has 0 fully saturated rings. The zero-order valence-corrected chi connectivity index (χ0v) is 12.5. The molecule has 0 bridgehead atoms. The molecular weight excluding hydrogens is 246 g/mol. The van der Waals surface area contributed by atoms with Gasteiger partial charge in [0.25, 0.3) is 0 Å². The molecule has 20 heavy (non-hydrogen) atoms. The topological polar surface area (TPSA) is 21.3 Å². The first-order chi connectivity index (χ1) is 9.76. The first kappa shape index (κ1) is 14.6. The SMILES string of the molecule is CCc1ccccc1CNC(C)c1ccccc1OC. The number of para-hydroxylation sites is 1. The molecule has 2 aromatic rings. The van der Waals surface area contributed by atoms with Gasteiger partial charge in [0, 0.05) is 18.2 Å². The average Bonchev–Trinajstić information content (AvgIpc) is 2.52. The van der Waals surface area contributed by atoms with Crippen LogP contribution in [0.25, 0.3) is 0 Å². The number of hydrogen-bond acceptors (Lipinski definition) is 2. The molecule has 1 N–H and O–H groups in total. The molecule has 106 valence electrons. The van der Waals surface area contributed by atoms with Gasteiger partial charge in [0.2, 0.25) is 0 Å². The van der Waals surface area contributed by atoms with Gasteiger partial charge < -0.3 is 10.1 Å². The zero-order valence-electron chi connectivity index (χ0n) is 12.5. The monoisotopic (exact) mass is 269 g/mol. The molecule has 0 saturated carbocycles. The predicted octanol–water partition coefficient (Wildman–Crippen LogP) is 4.11. The lowest BCUT2D eigenvalue weighted by molar-refractivity contribution is 0.401. The summed E-state index contributed by atoms with van der Waals surface area (Å²) in [5, 5.41) is 3.58. The van der Waals surface area contributed by atoms with Gasteiger partial charge in [-0.25, -0.2) is 0 Å². The summed E-state index contributed by atoms with van der Waals surface area (Å²) in [7, 11) is 1.72. The number of nitrogens with one attached hydrogen (secondary N) is 1. The number of rotatable bonds is 6. The third-order valence-corrected chi connectivity index (χ3v) is 3.70. The van der Waals surface area contributed by atoms with Crippen molar-refractivity contribution in [2.45, 2.75) is 32.9 Å². The quantitative estimate of drug-likeness (QED) is 0.852. The molecule has 0 aliphatic carbocycles. The highest BCUT2D eigenvalue weighted by Gasteiger charge is 2.10. The molecule has 2 nitrogen and oxygen atoms in total. The first-order valence-corrected chi connectivity index (χ1v) is 7.19. The van der Waals surface area contributed by atoms with Crippen LogP contribution >= 0.6 is 0 Å². The standard InChI is InChI=1S/C18H23NO/c1-4-15-9-5-6-10-16(15)13-19-14(2)17-11-7-8-12-18(17)20-3/h5-12,14,19H,4,13H2,1-3H3. The summed E-state index contributed by atoms with van der Waals surface area (Å²) in [6.45, 7) is 5.25. The van der Waals surface area contributed by atoms with Gasteiger partial charge in [0.15, 0.2) is 0 Å². The molecule has 0 aliphatic rings. The zero-order chi connectivity index (χ0) is 14.4. The molecule has 0 spiro atoms. The van der Waals surface area contributed by atoms with Crippen LogP contribution < -0.4 is 10.1 Å². The van der Waals surface area contributed by atoms with Crippen LogP contribution in [-0.4, -0.2) is 7.11 Å². The third-order valence-electron chi connectivity index (χ3n) is 3.70. The summed E-state index contributed by atoms with van der Waals surface area (Å²) in [6, 6.07) is 17.0. The van der Waals surface area contributed by atoms with Crippen LogP contribution in [-0.2, 0) is 13.0 Å². The maximum Gasteiger partial charge on any atom is 0.123 e. The first-order valence-electron chi connectivity index (χ1n) is 7.19. The van der Waals surface area contributed by atoms with E-state index in [1.165, 1.54) is 16.7 Å². The van der Waals surface area contributed by atoms with Crippen LogP contribution in [0.15, 0.2) is 48.5 Å². The van der Waals surface area contributed by atoms with Crippen molar-refractivity contribution in [2.24, 2.45) is 0 Å². The van der Waals surface area contributed by atoms with Gasteiger partial charge in [0.05, 0.1) is 7.11 Å². The van der Waals surface area contributed by atoms with Gasteiger partial charge in [0.1, 0.15) is 5.75 Å². The van der Waals surface area contributed by atoms with Gasteiger partial charge in [-0.2, -0.15) is 0 Å². The van der Waals surface area contributed by atoms with Crippen LogP contribution in [0.4, 0.5) is 0 Å². The maximum absolute atomic E-state index is 5.42. The summed E-state index contributed by atoms with van der Waals surface area (Å²) in [6.07, 6.45) is 1.07. The molecule has 1 unspecified atom stereocenters. The van der Waals surface area contributed by atoms with E-state index in [9.17, 15) is 0 Å². The van der Waals surface area contributed by atoms with E-state index in [0.29, 0.717) is 0 Å². The van der Waals surface area contributed by atoms with Crippen LogP contribution in [0, 0.1) is 0 Å². The Morgan fingerprint density at radius 3 is 2.35 bits per heavy atom. The van der Waals surface area contributed by atoms with Crippen molar-refractivity contribution in [2.75, 3.05) is 7.11 Å². The summed E-state index contributed by atoms with van der Waals surface area (Å²) >= 11 is 0. The predicted molar refractivity (Wildman–Crippen MR) is 84.1 cm³/mol. The van der Waals surface area contributed by atoms with Crippen LogP contribution in [0.1, 0.15) is 36.6 Å². The Morgan fingerprint density at radius 2 is 1.65 bits per heavy atom. The van der Waals surface area contributed by atoms with Gasteiger partial charge in [-0.1, -0.05) is 49.4 Å². The summed E-state index contributed by atoms with van der Waals surface area (Å²) in [4.78, 5) is 0. The molecule has 0 radical (unpaired) electrons. The van der Waals surface area contributed by atoms with E-state index in [-0.39, 0.29) is 6.04 Å². The lowest BCUT2D eigenvalue weighted by atomic mass is 10.0. The highest BCUT2D eigenvalue weighted by atomic mass is 16.5. The Kier molecular flexibility index (Phi) is 5.19. The van der Waals surface area contributed by atoms with Crippen molar-refractivity contribution in [1.29, 1.82) is 0 Å². The minimum Gasteiger partial charge on any atom is -0.496 e. The fourth-order valence-electron chi connectivity index (χ4n) is 2.47. The summed E-state index contributed by atoms with van der Waals surface area (Å²) < 4.78 is 5.42. The number of benzene rings is 2. The number of methoxy groups -OCH3 is 1. The van der Waals surface area contributed by atoms with Gasteiger partial charge in [-0.15, -0.1) is 0 Å². The van der Waals surface area contributed by atoms with Gasteiger partial charge in [-0.05, 0) is 30.5 Å². The van der Waals surface area contributed by atoms with E-state index in [1.54, 1.807) is 7.11 Å². The normalized spacial score (nSPS) is 12.2. The molecule has 0 amide bonds. The van der Waals surface area contributed by atoms with Crippen LogP contribution in [0.5, 0.6) is 5.75 Å². The van der Waals surface area contributed by atoms with E-state index < -0.39 is 0 Å². The van der Waals surface area contributed by atoms with E-state index in [4.69, 9.17) is 4.74 Å². The Balaban J connectivity index is 2.07. The highest BCUT2D eigenvalue weighted by Crippen LogP contribution is 2.24. The van der Waals surface area contributed by atoms with E-state index in [2.05, 4.69) is 55.6 Å². The van der Waals surface area contributed by atoms with Crippen molar-refractivity contribution in [3.63, 3.8) is 0 Å². The molecule has 0 aliphatic heterocycles. The van der Waals surface area contributed by atoms with E-state index in [0.717, 1.165) is 18.7 Å². The Morgan fingerprint density at radius 1 is 1.00 bits per heavy atom. The number of aryl methyl sites for hydroxylation is 1. The lowest BCUT2D eigenvalue weighted by Gasteiger charge is -2.18. The molecule has 2 rings (SSSR count). The lowest BCUT2D eigenvalue weighted by Crippen LogP contribution is -2.19. The Hall–Kier alpha value is -1.80. The second kappa shape index (κ2) is 7.11. The molecule has 1 atom stereocenters. The van der Waals surface area contributed by atoms with Crippen molar-refractivity contribution in [3.8, 4) is 5.75 Å². The van der Waals surface area contributed by atoms with Crippen molar-refractivity contribution in [3.05, 3.63) is 65.2 Å². The van der Waals surface area contributed by atoms with Gasteiger partial charge in [-0.3, -0.25) is 0 Å². The fourth-order valence-corrected chi connectivity index (χ4v) is 2.47. The van der Waals surface area contributed by atoms with Crippen LogP contribution in [0.3, 0.4) is 0 Å². The molecule has 2 heteroatoms. The molecule has 0 saturated heterocycles.